The van der Waals surface area contributed by atoms with E-state index in [4.69, 9.17) is 4.74 Å². The van der Waals surface area contributed by atoms with Crippen LogP contribution in [0.15, 0.2) is 30.5 Å². The first-order valence-corrected chi connectivity index (χ1v) is 9.81. The number of amides is 1. The van der Waals surface area contributed by atoms with Crippen molar-refractivity contribution in [3.63, 3.8) is 0 Å². The van der Waals surface area contributed by atoms with Gasteiger partial charge in [-0.25, -0.2) is 9.48 Å². The van der Waals surface area contributed by atoms with Crippen LogP contribution in [0.2, 0.25) is 0 Å². The molecule has 1 fully saturated rings. The van der Waals surface area contributed by atoms with Gasteiger partial charge in [0.25, 0.3) is 0 Å². The third kappa shape index (κ3) is 5.67. The van der Waals surface area contributed by atoms with Crippen molar-refractivity contribution in [3.8, 4) is 11.4 Å². The van der Waals surface area contributed by atoms with Gasteiger partial charge in [-0.15, -0.1) is 13.2 Å². The van der Waals surface area contributed by atoms with Crippen molar-refractivity contribution >= 4 is 6.09 Å². The lowest BCUT2D eigenvalue weighted by Crippen LogP contribution is -2.41. The minimum absolute atomic E-state index is 0.255. The van der Waals surface area contributed by atoms with E-state index >= 15 is 0 Å². The van der Waals surface area contributed by atoms with Gasteiger partial charge in [0, 0.05) is 19.3 Å². The van der Waals surface area contributed by atoms with E-state index in [2.05, 4.69) is 9.84 Å². The molecule has 2 aromatic rings. The molecule has 0 saturated carbocycles. The second kappa shape index (κ2) is 8.20. The molecule has 0 aliphatic carbocycles. The standard InChI is InChI=1S/C21H26F3N3O3/c1-14-18(15-9-11-26(12-10-15)19(28)30-20(2,3)4)13-27(25-14)16-5-7-17(8-6-16)29-21(22,23)24/h5-8,13,15H,9-12H2,1-4H3. The third-order valence-electron chi connectivity index (χ3n) is 4.86. The van der Waals surface area contributed by atoms with E-state index in [1.807, 2.05) is 33.9 Å². The van der Waals surface area contributed by atoms with Gasteiger partial charge in [0.2, 0.25) is 0 Å². The largest absolute Gasteiger partial charge is 0.573 e. The fraction of sp³-hybridized carbons (Fsp3) is 0.524. The molecule has 30 heavy (non-hydrogen) atoms. The Balaban J connectivity index is 1.65. The number of carbonyl (C=O) groups is 1. The van der Waals surface area contributed by atoms with Crippen LogP contribution in [0.4, 0.5) is 18.0 Å². The number of halogens is 3. The molecule has 9 heteroatoms. The van der Waals surface area contributed by atoms with Crippen molar-refractivity contribution < 1.29 is 27.4 Å². The average Bonchev–Trinajstić information content (AvgIpc) is 3.01. The molecular formula is C21H26F3N3O3. The first-order valence-electron chi connectivity index (χ1n) is 9.81. The van der Waals surface area contributed by atoms with Crippen molar-refractivity contribution in [2.75, 3.05) is 13.1 Å². The molecule has 0 atom stereocenters. The summed E-state index contributed by atoms with van der Waals surface area (Å²) in [5.41, 5.74) is 2.06. The predicted molar refractivity (Wildman–Crippen MR) is 105 cm³/mol. The van der Waals surface area contributed by atoms with Crippen LogP contribution in [0.1, 0.15) is 50.8 Å². The summed E-state index contributed by atoms with van der Waals surface area (Å²) in [6.07, 6.45) is -1.52. The van der Waals surface area contributed by atoms with Crippen LogP contribution in [0, 0.1) is 6.92 Å². The van der Waals surface area contributed by atoms with E-state index < -0.39 is 12.0 Å². The number of hydrogen-bond donors (Lipinski definition) is 0. The molecule has 164 valence electrons. The molecule has 0 unspecified atom stereocenters. The summed E-state index contributed by atoms with van der Waals surface area (Å²) in [4.78, 5) is 14.0. The number of aryl methyl sites for hydroxylation is 1. The van der Waals surface area contributed by atoms with Crippen LogP contribution in [0.5, 0.6) is 5.75 Å². The van der Waals surface area contributed by atoms with E-state index in [0.717, 1.165) is 24.1 Å². The first kappa shape index (κ1) is 22.0. The lowest BCUT2D eigenvalue weighted by atomic mass is 9.90. The van der Waals surface area contributed by atoms with Crippen LogP contribution in [0.25, 0.3) is 5.69 Å². The van der Waals surface area contributed by atoms with E-state index in [1.54, 1.807) is 9.58 Å². The summed E-state index contributed by atoms with van der Waals surface area (Å²) in [5.74, 6) is -0.0184. The summed E-state index contributed by atoms with van der Waals surface area (Å²) in [7, 11) is 0. The Morgan fingerprint density at radius 1 is 1.10 bits per heavy atom. The molecule has 0 radical (unpaired) electrons. The Hall–Kier alpha value is -2.71. The van der Waals surface area contributed by atoms with Crippen LogP contribution in [-0.4, -0.2) is 45.8 Å². The molecule has 1 saturated heterocycles. The van der Waals surface area contributed by atoms with Gasteiger partial charge in [0.1, 0.15) is 11.4 Å². The second-order valence-electron chi connectivity index (χ2n) is 8.40. The summed E-state index contributed by atoms with van der Waals surface area (Å²) in [5, 5.41) is 4.51. The molecule has 0 bridgehead atoms. The average molecular weight is 425 g/mol. The number of aromatic nitrogens is 2. The molecule has 0 N–H and O–H groups in total. The van der Waals surface area contributed by atoms with Crippen molar-refractivity contribution in [1.29, 1.82) is 0 Å². The zero-order valence-corrected chi connectivity index (χ0v) is 17.5. The van der Waals surface area contributed by atoms with E-state index in [-0.39, 0.29) is 17.8 Å². The Kier molecular flexibility index (Phi) is 6.01. The molecule has 1 aliphatic heterocycles. The van der Waals surface area contributed by atoms with Gasteiger partial charge >= 0.3 is 12.5 Å². The van der Waals surface area contributed by atoms with E-state index in [9.17, 15) is 18.0 Å². The minimum Gasteiger partial charge on any atom is -0.444 e. The minimum atomic E-state index is -4.72. The van der Waals surface area contributed by atoms with Crippen molar-refractivity contribution in [1.82, 2.24) is 14.7 Å². The molecule has 1 amide bonds. The second-order valence-corrected chi connectivity index (χ2v) is 8.40. The Bertz CT molecular complexity index is 878. The Morgan fingerprint density at radius 2 is 1.70 bits per heavy atom. The Morgan fingerprint density at radius 3 is 2.23 bits per heavy atom. The quantitative estimate of drug-likeness (QED) is 0.679. The van der Waals surface area contributed by atoms with Crippen molar-refractivity contribution in [2.45, 2.75) is 58.4 Å². The highest BCUT2D eigenvalue weighted by Crippen LogP contribution is 2.31. The molecule has 2 heterocycles. The maximum Gasteiger partial charge on any atom is 0.573 e. The molecule has 0 spiro atoms. The van der Waals surface area contributed by atoms with Gasteiger partial charge in [-0.05, 0) is 76.3 Å². The zero-order valence-electron chi connectivity index (χ0n) is 17.5. The third-order valence-corrected chi connectivity index (χ3v) is 4.86. The molecule has 1 aromatic carbocycles. The van der Waals surface area contributed by atoms with Gasteiger partial charge in [0.05, 0.1) is 11.4 Å². The van der Waals surface area contributed by atoms with Gasteiger partial charge in [0.15, 0.2) is 0 Å². The maximum absolute atomic E-state index is 12.3. The summed E-state index contributed by atoms with van der Waals surface area (Å²) >= 11 is 0. The van der Waals surface area contributed by atoms with Crippen LogP contribution in [0.3, 0.4) is 0 Å². The molecule has 1 aliphatic rings. The lowest BCUT2D eigenvalue weighted by Gasteiger charge is -2.33. The van der Waals surface area contributed by atoms with Crippen molar-refractivity contribution in [3.05, 3.63) is 41.7 Å². The molecule has 3 rings (SSSR count). The van der Waals surface area contributed by atoms with Gasteiger partial charge in [-0.3, -0.25) is 0 Å². The molecular weight excluding hydrogens is 399 g/mol. The summed E-state index contributed by atoms with van der Waals surface area (Å²) in [6.45, 7) is 8.65. The van der Waals surface area contributed by atoms with Gasteiger partial charge in [-0.1, -0.05) is 0 Å². The van der Waals surface area contributed by atoms with Gasteiger partial charge < -0.3 is 14.4 Å². The zero-order chi connectivity index (χ0) is 22.1. The Labute approximate surface area is 173 Å². The maximum atomic E-state index is 12.3. The fourth-order valence-electron chi connectivity index (χ4n) is 3.51. The normalized spacial score (nSPS) is 15.9. The number of alkyl halides is 3. The topological polar surface area (TPSA) is 56.6 Å². The number of carbonyl (C=O) groups excluding carboxylic acids is 1. The monoisotopic (exact) mass is 425 g/mol. The summed E-state index contributed by atoms with van der Waals surface area (Å²) < 4.78 is 47.9. The number of hydrogen-bond acceptors (Lipinski definition) is 4. The van der Waals surface area contributed by atoms with Crippen molar-refractivity contribution in [2.24, 2.45) is 0 Å². The number of likely N-dealkylation sites (tertiary alicyclic amines) is 1. The highest BCUT2D eigenvalue weighted by molar-refractivity contribution is 5.68. The number of rotatable bonds is 3. The molecule has 6 nitrogen and oxygen atoms in total. The first-order chi connectivity index (χ1) is 13.9. The van der Waals surface area contributed by atoms with Crippen LogP contribution < -0.4 is 4.74 Å². The van der Waals surface area contributed by atoms with Crippen LogP contribution in [-0.2, 0) is 4.74 Å². The van der Waals surface area contributed by atoms with Gasteiger partial charge in [-0.2, -0.15) is 5.10 Å². The number of benzene rings is 1. The predicted octanol–water partition coefficient (Wildman–Crippen LogP) is 5.19. The number of piperidine rings is 1. The lowest BCUT2D eigenvalue weighted by molar-refractivity contribution is -0.274. The SMILES string of the molecule is Cc1nn(-c2ccc(OC(F)(F)F)cc2)cc1C1CCN(C(=O)OC(C)(C)C)CC1. The number of ether oxygens (including phenoxy) is 2. The summed E-state index contributed by atoms with van der Waals surface area (Å²) in [6, 6.07) is 5.59. The molecule has 1 aromatic heterocycles. The highest BCUT2D eigenvalue weighted by atomic mass is 19.4. The van der Waals surface area contributed by atoms with Crippen LogP contribution >= 0.6 is 0 Å². The highest BCUT2D eigenvalue weighted by Gasteiger charge is 2.31. The smallest absolute Gasteiger partial charge is 0.444 e. The van der Waals surface area contributed by atoms with E-state index in [0.29, 0.717) is 18.8 Å². The fourth-order valence-corrected chi connectivity index (χ4v) is 3.51. The number of nitrogens with zero attached hydrogens (tertiary/aromatic N) is 3. The van der Waals surface area contributed by atoms with E-state index in [1.165, 1.54) is 24.3 Å².